The molecule has 0 bridgehead atoms. The highest BCUT2D eigenvalue weighted by Crippen LogP contribution is 2.35. The summed E-state index contributed by atoms with van der Waals surface area (Å²) in [7, 11) is 0. The van der Waals surface area contributed by atoms with Crippen LogP contribution in [0.3, 0.4) is 0 Å². The Morgan fingerprint density at radius 2 is 2.19 bits per heavy atom. The zero-order valence-electron chi connectivity index (χ0n) is 10.5. The number of hydrogen-bond donors (Lipinski definition) is 1. The average molecular weight is 238 g/mol. The molecule has 3 heteroatoms. The minimum Gasteiger partial charge on any atom is -0.312 e. The van der Waals surface area contributed by atoms with Crippen LogP contribution in [0.25, 0.3) is 0 Å². The number of aromatic nitrogens is 1. The second kappa shape index (κ2) is 5.28. The Labute approximate surface area is 102 Å². The van der Waals surface area contributed by atoms with Gasteiger partial charge in [0.2, 0.25) is 0 Å². The summed E-state index contributed by atoms with van der Waals surface area (Å²) < 4.78 is 0. The third kappa shape index (κ3) is 3.05. The molecule has 1 aliphatic carbocycles. The summed E-state index contributed by atoms with van der Waals surface area (Å²) in [4.78, 5) is 6.27. The van der Waals surface area contributed by atoms with Gasteiger partial charge in [-0.3, -0.25) is 0 Å². The van der Waals surface area contributed by atoms with Crippen LogP contribution < -0.4 is 5.32 Å². The molecule has 0 aliphatic heterocycles. The van der Waals surface area contributed by atoms with Gasteiger partial charge in [0.05, 0.1) is 10.7 Å². The summed E-state index contributed by atoms with van der Waals surface area (Å²) in [6.45, 7) is 8.66. The molecule has 0 aromatic carbocycles. The lowest BCUT2D eigenvalue weighted by Crippen LogP contribution is -2.12. The molecular weight excluding hydrogens is 216 g/mol. The van der Waals surface area contributed by atoms with Crippen LogP contribution in [0.1, 0.15) is 55.1 Å². The molecule has 1 N–H and O–H groups in total. The van der Waals surface area contributed by atoms with E-state index in [1.807, 2.05) is 11.3 Å². The van der Waals surface area contributed by atoms with Gasteiger partial charge in [0.25, 0.3) is 0 Å². The van der Waals surface area contributed by atoms with Gasteiger partial charge in [-0.2, -0.15) is 0 Å². The molecule has 0 saturated heterocycles. The molecule has 2 nitrogen and oxygen atoms in total. The van der Waals surface area contributed by atoms with E-state index in [4.69, 9.17) is 4.98 Å². The van der Waals surface area contributed by atoms with Gasteiger partial charge in [0.15, 0.2) is 0 Å². The monoisotopic (exact) mass is 238 g/mol. The summed E-state index contributed by atoms with van der Waals surface area (Å²) in [5, 5.41) is 4.77. The maximum atomic E-state index is 4.82. The molecule has 1 aromatic rings. The van der Waals surface area contributed by atoms with Crippen molar-refractivity contribution in [3.63, 3.8) is 0 Å². The first kappa shape index (κ1) is 12.1. The van der Waals surface area contributed by atoms with Crippen molar-refractivity contribution in [1.29, 1.82) is 0 Å². The Bertz CT molecular complexity index is 340. The smallest absolute Gasteiger partial charge is 0.0934 e. The molecular formula is C13H22N2S. The fraction of sp³-hybridized carbons (Fsp3) is 0.769. The van der Waals surface area contributed by atoms with Crippen molar-refractivity contribution in [1.82, 2.24) is 10.3 Å². The van der Waals surface area contributed by atoms with Gasteiger partial charge in [-0.25, -0.2) is 4.98 Å². The Kier molecular flexibility index (Phi) is 3.98. The van der Waals surface area contributed by atoms with E-state index in [2.05, 4.69) is 26.1 Å². The second-order valence-electron chi connectivity index (χ2n) is 5.00. The van der Waals surface area contributed by atoms with Crippen molar-refractivity contribution in [2.24, 2.45) is 5.92 Å². The fourth-order valence-electron chi connectivity index (χ4n) is 1.89. The van der Waals surface area contributed by atoms with Gasteiger partial charge in [-0.05, 0) is 31.2 Å². The van der Waals surface area contributed by atoms with Crippen LogP contribution in [0.4, 0.5) is 0 Å². The Morgan fingerprint density at radius 1 is 1.44 bits per heavy atom. The quantitative estimate of drug-likeness (QED) is 0.822. The van der Waals surface area contributed by atoms with Gasteiger partial charge >= 0.3 is 0 Å². The number of rotatable bonds is 6. The Balaban J connectivity index is 2.08. The van der Waals surface area contributed by atoms with Crippen molar-refractivity contribution in [2.75, 3.05) is 6.54 Å². The van der Waals surface area contributed by atoms with Crippen LogP contribution in [0.2, 0.25) is 0 Å². The molecule has 0 spiro atoms. The van der Waals surface area contributed by atoms with Crippen LogP contribution in [0, 0.1) is 5.92 Å². The zero-order chi connectivity index (χ0) is 11.5. The molecule has 1 aliphatic rings. The third-order valence-corrected chi connectivity index (χ3v) is 4.11. The Morgan fingerprint density at radius 3 is 2.75 bits per heavy atom. The molecule has 2 rings (SSSR count). The number of nitrogens with zero attached hydrogens (tertiary/aromatic N) is 1. The molecule has 1 saturated carbocycles. The molecule has 0 radical (unpaired) electrons. The number of hydrogen-bond acceptors (Lipinski definition) is 3. The fourth-order valence-corrected chi connectivity index (χ4v) is 3.19. The van der Waals surface area contributed by atoms with E-state index in [1.54, 1.807) is 0 Å². The molecule has 1 heterocycles. The predicted octanol–water partition coefficient (Wildman–Crippen LogP) is 3.33. The molecule has 1 fully saturated rings. The van der Waals surface area contributed by atoms with Gasteiger partial charge in [0.1, 0.15) is 0 Å². The first-order chi connectivity index (χ1) is 7.70. The second-order valence-corrected chi connectivity index (χ2v) is 6.17. The maximum absolute atomic E-state index is 4.82. The first-order valence-electron chi connectivity index (χ1n) is 6.39. The van der Waals surface area contributed by atoms with Crippen LogP contribution in [-0.4, -0.2) is 11.5 Å². The lowest BCUT2D eigenvalue weighted by molar-refractivity contribution is 0.711. The van der Waals surface area contributed by atoms with Gasteiger partial charge in [-0.1, -0.05) is 20.8 Å². The predicted molar refractivity (Wildman–Crippen MR) is 70.0 cm³/mol. The number of nitrogens with one attached hydrogen (secondary N) is 1. The highest BCUT2D eigenvalue weighted by Gasteiger charge is 2.24. The minimum absolute atomic E-state index is 0.554. The topological polar surface area (TPSA) is 24.9 Å². The minimum atomic E-state index is 0.554. The van der Waals surface area contributed by atoms with Crippen LogP contribution in [-0.2, 0) is 13.0 Å². The van der Waals surface area contributed by atoms with Crippen molar-refractivity contribution >= 4 is 11.3 Å². The summed E-state index contributed by atoms with van der Waals surface area (Å²) in [6, 6.07) is 0. The third-order valence-electron chi connectivity index (χ3n) is 3.01. The molecule has 90 valence electrons. The van der Waals surface area contributed by atoms with Gasteiger partial charge < -0.3 is 5.32 Å². The lowest BCUT2D eigenvalue weighted by atomic mass is 10.1. The van der Waals surface area contributed by atoms with Crippen molar-refractivity contribution in [3.05, 3.63) is 15.6 Å². The normalized spacial score (nSPS) is 16.0. The van der Waals surface area contributed by atoms with Crippen molar-refractivity contribution in [3.8, 4) is 0 Å². The summed E-state index contributed by atoms with van der Waals surface area (Å²) >= 11 is 1.92. The maximum Gasteiger partial charge on any atom is 0.0934 e. The summed E-state index contributed by atoms with van der Waals surface area (Å²) in [5.74, 6) is 1.50. The van der Waals surface area contributed by atoms with Gasteiger partial charge in [0, 0.05) is 17.8 Å². The highest BCUT2D eigenvalue weighted by atomic mass is 32.1. The molecule has 0 atom stereocenters. The molecule has 16 heavy (non-hydrogen) atoms. The van der Waals surface area contributed by atoms with Crippen LogP contribution >= 0.6 is 11.3 Å². The Hall–Kier alpha value is -0.410. The van der Waals surface area contributed by atoms with Gasteiger partial charge in [-0.15, -0.1) is 11.3 Å². The summed E-state index contributed by atoms with van der Waals surface area (Å²) in [5.41, 5.74) is 1.32. The number of thiazole rings is 1. The first-order valence-corrected chi connectivity index (χ1v) is 7.21. The van der Waals surface area contributed by atoms with E-state index in [0.29, 0.717) is 5.92 Å². The van der Waals surface area contributed by atoms with E-state index in [1.165, 1.54) is 34.8 Å². The van der Waals surface area contributed by atoms with E-state index < -0.39 is 0 Å². The van der Waals surface area contributed by atoms with E-state index >= 15 is 0 Å². The highest BCUT2D eigenvalue weighted by molar-refractivity contribution is 7.11. The standard InChI is InChI=1S/C13H22N2S/c1-4-14-8-11-13(9(2)3)15-12(16-11)7-10-5-6-10/h9-10,14H,4-8H2,1-3H3. The van der Waals surface area contributed by atoms with Crippen molar-refractivity contribution in [2.45, 2.75) is 52.5 Å². The van der Waals surface area contributed by atoms with Crippen LogP contribution in [0.15, 0.2) is 0 Å². The van der Waals surface area contributed by atoms with E-state index in [-0.39, 0.29) is 0 Å². The average Bonchev–Trinajstić information content (AvgIpc) is 2.94. The van der Waals surface area contributed by atoms with Crippen molar-refractivity contribution < 1.29 is 0 Å². The summed E-state index contributed by atoms with van der Waals surface area (Å²) in [6.07, 6.45) is 4.05. The van der Waals surface area contributed by atoms with Crippen LogP contribution in [0.5, 0.6) is 0 Å². The molecule has 0 unspecified atom stereocenters. The zero-order valence-corrected chi connectivity index (χ0v) is 11.4. The molecule has 1 aromatic heterocycles. The lowest BCUT2D eigenvalue weighted by Gasteiger charge is -2.04. The van der Waals surface area contributed by atoms with E-state index in [0.717, 1.165) is 19.0 Å². The largest absolute Gasteiger partial charge is 0.312 e. The molecule has 0 amide bonds. The SMILES string of the molecule is CCNCc1sc(CC2CC2)nc1C(C)C. The van der Waals surface area contributed by atoms with E-state index in [9.17, 15) is 0 Å².